The standard InChI is InChI=1S/C9H17NO3/c1-8(12)4-2-3-5-9(13)10-6-7-11/h11H,2-7H2,1H3,(H,10,13). The molecule has 0 aromatic heterocycles. The molecule has 0 spiro atoms. The SMILES string of the molecule is CC(=O)CCCCC(=O)NCCO. The Balaban J connectivity index is 3.22. The molecule has 0 fully saturated rings. The summed E-state index contributed by atoms with van der Waals surface area (Å²) in [5.74, 6) is 0.105. The summed E-state index contributed by atoms with van der Waals surface area (Å²) in [6, 6.07) is 0. The summed E-state index contributed by atoms with van der Waals surface area (Å²) in [4.78, 5) is 21.5. The Kier molecular flexibility index (Phi) is 7.20. The molecule has 0 saturated carbocycles. The molecule has 0 radical (unpaired) electrons. The van der Waals surface area contributed by atoms with Crippen molar-refractivity contribution in [1.29, 1.82) is 0 Å². The highest BCUT2D eigenvalue weighted by Crippen LogP contribution is 1.99. The Morgan fingerprint density at radius 2 is 1.85 bits per heavy atom. The van der Waals surface area contributed by atoms with Gasteiger partial charge in [0.05, 0.1) is 6.61 Å². The molecular formula is C9H17NO3. The molecule has 4 nitrogen and oxygen atoms in total. The Bertz CT molecular complexity index is 168. The average molecular weight is 187 g/mol. The third-order valence-corrected chi connectivity index (χ3v) is 1.62. The van der Waals surface area contributed by atoms with Crippen LogP contribution in [0, 0.1) is 0 Å². The number of carbonyl (C=O) groups is 2. The van der Waals surface area contributed by atoms with Crippen molar-refractivity contribution in [2.45, 2.75) is 32.6 Å². The highest BCUT2D eigenvalue weighted by Gasteiger charge is 2.00. The van der Waals surface area contributed by atoms with E-state index in [-0.39, 0.29) is 18.3 Å². The van der Waals surface area contributed by atoms with Crippen LogP contribution in [0.4, 0.5) is 0 Å². The van der Waals surface area contributed by atoms with Gasteiger partial charge in [-0.15, -0.1) is 0 Å². The fourth-order valence-electron chi connectivity index (χ4n) is 0.943. The highest BCUT2D eigenvalue weighted by atomic mass is 16.3. The second-order valence-corrected chi connectivity index (χ2v) is 2.98. The third-order valence-electron chi connectivity index (χ3n) is 1.62. The molecule has 0 aromatic carbocycles. The number of ketones is 1. The zero-order chi connectivity index (χ0) is 10.1. The third kappa shape index (κ3) is 9.01. The van der Waals surface area contributed by atoms with E-state index in [0.29, 0.717) is 19.4 Å². The number of aliphatic hydroxyl groups is 1. The Labute approximate surface area is 78.3 Å². The molecule has 0 unspecified atom stereocenters. The number of rotatable bonds is 7. The van der Waals surface area contributed by atoms with Crippen LogP contribution in [0.1, 0.15) is 32.6 Å². The number of aliphatic hydroxyl groups excluding tert-OH is 1. The van der Waals surface area contributed by atoms with Gasteiger partial charge in [0.1, 0.15) is 5.78 Å². The number of amides is 1. The summed E-state index contributed by atoms with van der Waals surface area (Å²) >= 11 is 0. The quantitative estimate of drug-likeness (QED) is 0.561. The van der Waals surface area contributed by atoms with Gasteiger partial charge in [0.15, 0.2) is 0 Å². The first-order valence-electron chi connectivity index (χ1n) is 4.54. The van der Waals surface area contributed by atoms with E-state index in [0.717, 1.165) is 12.8 Å². The van der Waals surface area contributed by atoms with Crippen molar-refractivity contribution in [2.75, 3.05) is 13.2 Å². The molecule has 0 bridgehead atoms. The molecule has 76 valence electrons. The lowest BCUT2D eigenvalue weighted by molar-refractivity contribution is -0.122. The number of hydrogen-bond donors (Lipinski definition) is 2. The maximum absolute atomic E-state index is 10.9. The van der Waals surface area contributed by atoms with Gasteiger partial charge in [0.25, 0.3) is 0 Å². The zero-order valence-electron chi connectivity index (χ0n) is 8.01. The van der Waals surface area contributed by atoms with E-state index >= 15 is 0 Å². The Morgan fingerprint density at radius 3 is 2.38 bits per heavy atom. The van der Waals surface area contributed by atoms with Gasteiger partial charge in [-0.1, -0.05) is 0 Å². The van der Waals surface area contributed by atoms with Crippen LogP contribution >= 0.6 is 0 Å². The summed E-state index contributed by atoms with van der Waals surface area (Å²) < 4.78 is 0. The highest BCUT2D eigenvalue weighted by molar-refractivity contribution is 5.76. The molecule has 0 rings (SSSR count). The van der Waals surface area contributed by atoms with Crippen molar-refractivity contribution in [2.24, 2.45) is 0 Å². The van der Waals surface area contributed by atoms with Crippen LogP contribution in [0.25, 0.3) is 0 Å². The average Bonchev–Trinajstić information content (AvgIpc) is 2.08. The molecule has 13 heavy (non-hydrogen) atoms. The van der Waals surface area contributed by atoms with E-state index in [1.807, 2.05) is 0 Å². The van der Waals surface area contributed by atoms with Crippen molar-refractivity contribution in [1.82, 2.24) is 5.32 Å². The van der Waals surface area contributed by atoms with E-state index in [1.54, 1.807) is 6.92 Å². The number of Topliss-reactive ketones (excluding diaryl/α,β-unsaturated/α-hetero) is 1. The lowest BCUT2D eigenvalue weighted by atomic mass is 10.1. The van der Waals surface area contributed by atoms with Gasteiger partial charge in [-0.3, -0.25) is 4.79 Å². The second-order valence-electron chi connectivity index (χ2n) is 2.98. The zero-order valence-corrected chi connectivity index (χ0v) is 8.01. The number of hydrogen-bond acceptors (Lipinski definition) is 3. The predicted octanol–water partition coefficient (Wildman–Crippen LogP) is 0.244. The monoisotopic (exact) mass is 187 g/mol. The Morgan fingerprint density at radius 1 is 1.23 bits per heavy atom. The minimum atomic E-state index is -0.0578. The first-order valence-corrected chi connectivity index (χ1v) is 4.54. The second kappa shape index (κ2) is 7.73. The van der Waals surface area contributed by atoms with Gasteiger partial charge < -0.3 is 15.2 Å². The molecule has 4 heteroatoms. The maximum atomic E-state index is 10.9. The summed E-state index contributed by atoms with van der Waals surface area (Å²) in [5.41, 5.74) is 0. The van der Waals surface area contributed by atoms with Gasteiger partial charge in [0.2, 0.25) is 5.91 Å². The van der Waals surface area contributed by atoms with Crippen LogP contribution in [-0.2, 0) is 9.59 Å². The molecule has 0 aromatic rings. The first kappa shape index (κ1) is 12.1. The van der Waals surface area contributed by atoms with E-state index in [1.165, 1.54) is 0 Å². The summed E-state index contributed by atoms with van der Waals surface area (Å²) in [6.07, 6.45) is 2.49. The van der Waals surface area contributed by atoms with Crippen LogP contribution in [0.3, 0.4) is 0 Å². The van der Waals surface area contributed by atoms with Crippen molar-refractivity contribution in [3.8, 4) is 0 Å². The van der Waals surface area contributed by atoms with Crippen molar-refractivity contribution in [3.05, 3.63) is 0 Å². The van der Waals surface area contributed by atoms with Crippen molar-refractivity contribution in [3.63, 3.8) is 0 Å². The fourth-order valence-corrected chi connectivity index (χ4v) is 0.943. The number of unbranched alkanes of at least 4 members (excludes halogenated alkanes) is 1. The van der Waals surface area contributed by atoms with Crippen LogP contribution < -0.4 is 5.32 Å². The van der Waals surface area contributed by atoms with E-state index < -0.39 is 0 Å². The molecule has 0 aliphatic carbocycles. The normalized spacial score (nSPS) is 9.69. The molecule has 0 atom stereocenters. The summed E-state index contributed by atoms with van der Waals surface area (Å²) in [6.45, 7) is 1.83. The topological polar surface area (TPSA) is 66.4 Å². The van der Waals surface area contributed by atoms with Crippen LogP contribution in [0.2, 0.25) is 0 Å². The first-order chi connectivity index (χ1) is 6.16. The van der Waals surface area contributed by atoms with Gasteiger partial charge in [-0.2, -0.15) is 0 Å². The lowest BCUT2D eigenvalue weighted by Crippen LogP contribution is -2.25. The number of carbonyl (C=O) groups excluding carboxylic acids is 2. The summed E-state index contributed by atoms with van der Waals surface area (Å²) in [5, 5.41) is 10.9. The Hall–Kier alpha value is -0.900. The van der Waals surface area contributed by atoms with Gasteiger partial charge in [-0.25, -0.2) is 0 Å². The lowest BCUT2D eigenvalue weighted by Gasteiger charge is -2.01. The number of nitrogens with one attached hydrogen (secondary N) is 1. The van der Waals surface area contributed by atoms with E-state index in [2.05, 4.69) is 5.32 Å². The van der Waals surface area contributed by atoms with Gasteiger partial charge >= 0.3 is 0 Å². The van der Waals surface area contributed by atoms with Gasteiger partial charge in [-0.05, 0) is 19.8 Å². The minimum absolute atomic E-state index is 0.0286. The largest absolute Gasteiger partial charge is 0.395 e. The smallest absolute Gasteiger partial charge is 0.220 e. The fraction of sp³-hybridized carbons (Fsp3) is 0.778. The van der Waals surface area contributed by atoms with Crippen molar-refractivity contribution >= 4 is 11.7 Å². The van der Waals surface area contributed by atoms with Crippen LogP contribution in [-0.4, -0.2) is 29.9 Å². The molecule has 0 heterocycles. The molecule has 0 saturated heterocycles. The predicted molar refractivity (Wildman–Crippen MR) is 49.2 cm³/mol. The van der Waals surface area contributed by atoms with E-state index in [9.17, 15) is 9.59 Å². The summed E-state index contributed by atoms with van der Waals surface area (Å²) in [7, 11) is 0. The molecule has 1 amide bonds. The molecule has 0 aliphatic rings. The minimum Gasteiger partial charge on any atom is -0.395 e. The van der Waals surface area contributed by atoms with E-state index in [4.69, 9.17) is 5.11 Å². The van der Waals surface area contributed by atoms with Crippen LogP contribution in [0.5, 0.6) is 0 Å². The molecule has 2 N–H and O–H groups in total. The molecular weight excluding hydrogens is 170 g/mol. The molecule has 0 aliphatic heterocycles. The van der Waals surface area contributed by atoms with Crippen LogP contribution in [0.15, 0.2) is 0 Å². The van der Waals surface area contributed by atoms with Gasteiger partial charge in [0, 0.05) is 19.4 Å². The van der Waals surface area contributed by atoms with Crippen molar-refractivity contribution < 1.29 is 14.7 Å². The maximum Gasteiger partial charge on any atom is 0.220 e.